The SMILES string of the molecule is CCCc1cc(=O)[nH]c2nnc(NCc3c(F)cccc3Cl)n12. The van der Waals surface area contributed by atoms with E-state index in [1.807, 2.05) is 6.92 Å². The number of aromatic nitrogens is 4. The van der Waals surface area contributed by atoms with E-state index >= 15 is 0 Å². The highest BCUT2D eigenvalue weighted by molar-refractivity contribution is 6.31. The Balaban J connectivity index is 1.96. The van der Waals surface area contributed by atoms with E-state index in [2.05, 4.69) is 20.5 Å². The van der Waals surface area contributed by atoms with E-state index < -0.39 is 0 Å². The molecule has 0 aliphatic heterocycles. The maximum absolute atomic E-state index is 13.8. The Labute approximate surface area is 136 Å². The summed E-state index contributed by atoms with van der Waals surface area (Å²) in [6, 6.07) is 6.05. The van der Waals surface area contributed by atoms with E-state index in [1.54, 1.807) is 16.5 Å². The minimum Gasteiger partial charge on any atom is -0.350 e. The summed E-state index contributed by atoms with van der Waals surface area (Å²) in [6.07, 6.45) is 1.57. The number of halogens is 2. The van der Waals surface area contributed by atoms with Gasteiger partial charge >= 0.3 is 0 Å². The molecule has 3 aromatic rings. The summed E-state index contributed by atoms with van der Waals surface area (Å²) in [5.74, 6) is 0.392. The summed E-state index contributed by atoms with van der Waals surface area (Å²) in [5, 5.41) is 11.3. The van der Waals surface area contributed by atoms with Gasteiger partial charge in [0, 0.05) is 28.9 Å². The van der Waals surface area contributed by atoms with Crippen LogP contribution in [0.25, 0.3) is 5.78 Å². The van der Waals surface area contributed by atoms with Crippen LogP contribution < -0.4 is 10.9 Å². The number of fused-ring (bicyclic) bond motifs is 1. The molecule has 0 atom stereocenters. The zero-order valence-corrected chi connectivity index (χ0v) is 13.2. The second-order valence-electron chi connectivity index (χ2n) is 5.11. The van der Waals surface area contributed by atoms with Crippen LogP contribution in [0, 0.1) is 5.82 Å². The molecule has 0 amide bonds. The molecule has 0 spiro atoms. The standard InChI is InChI=1S/C15H15ClFN5O/c1-2-4-9-7-13(23)19-15-21-20-14(22(9)15)18-8-10-11(16)5-3-6-12(10)17/h3,5-7H,2,4,8H2,1H3,(H,18,20)(H,19,21,23). The fourth-order valence-electron chi connectivity index (χ4n) is 2.42. The molecular weight excluding hydrogens is 321 g/mol. The van der Waals surface area contributed by atoms with Gasteiger partial charge in [-0.25, -0.2) is 4.39 Å². The summed E-state index contributed by atoms with van der Waals surface area (Å²) in [6.45, 7) is 2.18. The van der Waals surface area contributed by atoms with Crippen molar-refractivity contribution in [3.8, 4) is 0 Å². The van der Waals surface area contributed by atoms with Crippen LogP contribution >= 0.6 is 11.6 Å². The summed E-state index contributed by atoms with van der Waals surface area (Å²) in [7, 11) is 0. The Morgan fingerprint density at radius 2 is 2.22 bits per heavy atom. The number of nitrogens with one attached hydrogen (secondary N) is 2. The van der Waals surface area contributed by atoms with Crippen molar-refractivity contribution < 1.29 is 4.39 Å². The first-order valence-electron chi connectivity index (χ1n) is 7.24. The topological polar surface area (TPSA) is 75.1 Å². The number of hydrogen-bond donors (Lipinski definition) is 2. The number of benzene rings is 1. The van der Waals surface area contributed by atoms with Crippen molar-refractivity contribution in [2.45, 2.75) is 26.3 Å². The molecule has 120 valence electrons. The number of aromatic amines is 1. The Hall–Kier alpha value is -2.41. The molecule has 2 heterocycles. The molecule has 6 nitrogen and oxygen atoms in total. The quantitative estimate of drug-likeness (QED) is 0.751. The number of nitrogens with zero attached hydrogens (tertiary/aromatic N) is 3. The van der Waals surface area contributed by atoms with Crippen LogP contribution in [0.3, 0.4) is 0 Å². The highest BCUT2D eigenvalue weighted by Gasteiger charge is 2.12. The van der Waals surface area contributed by atoms with Gasteiger partial charge in [0.05, 0.1) is 0 Å². The lowest BCUT2D eigenvalue weighted by molar-refractivity contribution is 0.612. The monoisotopic (exact) mass is 335 g/mol. The van der Waals surface area contributed by atoms with Crippen molar-refractivity contribution in [2.24, 2.45) is 0 Å². The van der Waals surface area contributed by atoms with Crippen molar-refractivity contribution in [1.29, 1.82) is 0 Å². The lowest BCUT2D eigenvalue weighted by Gasteiger charge is -2.09. The molecule has 0 bridgehead atoms. The van der Waals surface area contributed by atoms with Gasteiger partial charge in [0.1, 0.15) is 5.82 Å². The summed E-state index contributed by atoms with van der Waals surface area (Å²) >= 11 is 6.02. The minimum absolute atomic E-state index is 0.164. The first-order chi connectivity index (χ1) is 11.1. The van der Waals surface area contributed by atoms with Crippen molar-refractivity contribution in [3.63, 3.8) is 0 Å². The molecular formula is C15H15ClFN5O. The molecule has 0 aliphatic rings. The van der Waals surface area contributed by atoms with Crippen molar-refractivity contribution in [3.05, 3.63) is 56.7 Å². The first kappa shape index (κ1) is 15.5. The number of rotatable bonds is 5. The molecule has 0 fully saturated rings. The smallest absolute Gasteiger partial charge is 0.252 e. The molecule has 0 saturated carbocycles. The molecule has 2 aromatic heterocycles. The lowest BCUT2D eigenvalue weighted by atomic mass is 10.2. The normalized spacial score (nSPS) is 11.1. The largest absolute Gasteiger partial charge is 0.350 e. The predicted octanol–water partition coefficient (Wildman–Crippen LogP) is 2.77. The van der Waals surface area contributed by atoms with Crippen molar-refractivity contribution in [1.82, 2.24) is 19.6 Å². The summed E-state index contributed by atoms with van der Waals surface area (Å²) in [4.78, 5) is 14.3. The number of anilines is 1. The molecule has 3 rings (SSSR count). The van der Waals surface area contributed by atoms with Gasteiger partial charge in [-0.3, -0.25) is 14.2 Å². The summed E-state index contributed by atoms with van der Waals surface area (Å²) in [5.41, 5.74) is 0.919. The average molecular weight is 336 g/mol. The van der Waals surface area contributed by atoms with Crippen molar-refractivity contribution in [2.75, 3.05) is 5.32 Å². The Kier molecular flexibility index (Phi) is 4.29. The maximum Gasteiger partial charge on any atom is 0.252 e. The van der Waals surface area contributed by atoms with Crippen LogP contribution in [-0.4, -0.2) is 19.6 Å². The Morgan fingerprint density at radius 1 is 1.39 bits per heavy atom. The van der Waals surface area contributed by atoms with Gasteiger partial charge in [0.25, 0.3) is 5.56 Å². The van der Waals surface area contributed by atoms with E-state index in [-0.39, 0.29) is 17.9 Å². The highest BCUT2D eigenvalue weighted by Crippen LogP contribution is 2.20. The van der Waals surface area contributed by atoms with Crippen LogP contribution in [0.2, 0.25) is 5.02 Å². The van der Waals surface area contributed by atoms with E-state index in [0.717, 1.165) is 12.1 Å². The first-order valence-corrected chi connectivity index (χ1v) is 7.62. The predicted molar refractivity (Wildman–Crippen MR) is 86.3 cm³/mol. The van der Waals surface area contributed by atoms with Crippen LogP contribution in [0.5, 0.6) is 0 Å². The molecule has 8 heteroatoms. The zero-order chi connectivity index (χ0) is 16.4. The van der Waals surface area contributed by atoms with Crippen molar-refractivity contribution >= 4 is 23.3 Å². The van der Waals surface area contributed by atoms with E-state index in [0.29, 0.717) is 28.7 Å². The maximum atomic E-state index is 13.8. The Bertz CT molecular complexity index is 884. The lowest BCUT2D eigenvalue weighted by Crippen LogP contribution is -2.13. The fraction of sp³-hybridized carbons (Fsp3) is 0.267. The van der Waals surface area contributed by atoms with E-state index in [9.17, 15) is 9.18 Å². The van der Waals surface area contributed by atoms with Gasteiger partial charge in [-0.15, -0.1) is 10.2 Å². The van der Waals surface area contributed by atoms with Crippen LogP contribution in [0.15, 0.2) is 29.1 Å². The zero-order valence-electron chi connectivity index (χ0n) is 12.4. The van der Waals surface area contributed by atoms with Crippen LogP contribution in [0.1, 0.15) is 24.6 Å². The molecule has 1 aromatic carbocycles. The van der Waals surface area contributed by atoms with Crippen LogP contribution in [0.4, 0.5) is 10.3 Å². The third-order valence-corrected chi connectivity index (χ3v) is 3.83. The number of H-pyrrole nitrogens is 1. The third-order valence-electron chi connectivity index (χ3n) is 3.47. The molecule has 0 aliphatic carbocycles. The molecule has 0 unspecified atom stereocenters. The molecule has 0 radical (unpaired) electrons. The molecule has 23 heavy (non-hydrogen) atoms. The van der Waals surface area contributed by atoms with Gasteiger partial charge in [0.2, 0.25) is 11.7 Å². The van der Waals surface area contributed by atoms with Gasteiger partial charge in [-0.05, 0) is 18.6 Å². The van der Waals surface area contributed by atoms with Gasteiger partial charge in [-0.2, -0.15) is 0 Å². The molecule has 2 N–H and O–H groups in total. The van der Waals surface area contributed by atoms with E-state index in [1.165, 1.54) is 12.1 Å². The second-order valence-corrected chi connectivity index (χ2v) is 5.52. The molecule has 0 saturated heterocycles. The summed E-state index contributed by atoms with van der Waals surface area (Å²) < 4.78 is 15.6. The third kappa shape index (κ3) is 3.05. The Morgan fingerprint density at radius 3 is 2.96 bits per heavy atom. The fourth-order valence-corrected chi connectivity index (χ4v) is 2.65. The van der Waals surface area contributed by atoms with Gasteiger partial charge in [-0.1, -0.05) is 31.0 Å². The average Bonchev–Trinajstić information content (AvgIpc) is 2.90. The second kappa shape index (κ2) is 6.37. The van der Waals surface area contributed by atoms with Crippen LogP contribution in [-0.2, 0) is 13.0 Å². The minimum atomic E-state index is -0.388. The van der Waals surface area contributed by atoms with Gasteiger partial charge < -0.3 is 5.32 Å². The number of aryl methyl sites for hydroxylation is 1. The van der Waals surface area contributed by atoms with Gasteiger partial charge in [0.15, 0.2) is 0 Å². The van der Waals surface area contributed by atoms with E-state index in [4.69, 9.17) is 11.6 Å². The number of hydrogen-bond acceptors (Lipinski definition) is 4. The highest BCUT2D eigenvalue weighted by atomic mass is 35.5.